The average molecular weight is 430 g/mol. The van der Waals surface area contributed by atoms with Crippen LogP contribution in [0.15, 0.2) is 50.8 Å². The van der Waals surface area contributed by atoms with Gasteiger partial charge in [0.2, 0.25) is 0 Å². The summed E-state index contributed by atoms with van der Waals surface area (Å²) in [5, 5.41) is 0. The SMILES string of the molecule is CC1=CC(C)=[C]([Zr+2]2([CH]3C=Cc4ccccc43)[P](C)[P]2C)C1.[F-].[F-]. The van der Waals surface area contributed by atoms with Gasteiger partial charge in [-0.2, -0.15) is 0 Å². The number of allylic oxidation sites excluding steroid dienone is 5. The third-order valence-electron chi connectivity index (χ3n) is 5.47. The molecule has 3 unspecified atom stereocenters. The van der Waals surface area contributed by atoms with Gasteiger partial charge < -0.3 is 9.41 Å². The van der Waals surface area contributed by atoms with E-state index in [0.717, 1.165) is 3.63 Å². The second kappa shape index (κ2) is 6.74. The zero-order valence-electron chi connectivity index (χ0n) is 14.0. The number of hydrogen-bond acceptors (Lipinski definition) is 0. The van der Waals surface area contributed by atoms with E-state index in [-0.39, 0.29) is 9.41 Å². The summed E-state index contributed by atoms with van der Waals surface area (Å²) in [4.78, 5) is 0.722. The van der Waals surface area contributed by atoms with Gasteiger partial charge in [-0.15, -0.1) is 0 Å². The largest absolute Gasteiger partial charge is 1.00 e. The molecule has 1 aliphatic heterocycles. The molecule has 1 aromatic carbocycles. The minimum Gasteiger partial charge on any atom is -1.00 e. The van der Waals surface area contributed by atoms with Crippen molar-refractivity contribution in [2.45, 2.75) is 23.9 Å². The van der Waals surface area contributed by atoms with Crippen LogP contribution in [0.25, 0.3) is 6.08 Å². The first-order valence-corrected chi connectivity index (χ1v) is 21.2. The average Bonchev–Trinajstić information content (AvgIpc) is 2.86. The molecular formula is C18H22F2P2Zr. The van der Waals surface area contributed by atoms with Gasteiger partial charge in [0.1, 0.15) is 0 Å². The van der Waals surface area contributed by atoms with E-state index < -0.39 is 19.1 Å². The monoisotopic (exact) mass is 428 g/mol. The maximum absolute atomic E-state index is 2.64. The molecule has 122 valence electrons. The molecule has 3 aliphatic rings. The van der Waals surface area contributed by atoms with Crippen molar-refractivity contribution >= 4 is 15.9 Å². The van der Waals surface area contributed by atoms with Gasteiger partial charge in [0, 0.05) is 0 Å². The second-order valence-corrected chi connectivity index (χ2v) is 44.7. The molecule has 0 bridgehead atoms. The molecule has 1 saturated heterocycles. The molecule has 5 heteroatoms. The fourth-order valence-electron chi connectivity index (χ4n) is 4.39. The fourth-order valence-corrected chi connectivity index (χ4v) is 86.1. The quantitative estimate of drug-likeness (QED) is 0.602. The Morgan fingerprint density at radius 2 is 1.70 bits per heavy atom. The van der Waals surface area contributed by atoms with E-state index in [0.29, 0.717) is 9.81 Å². The molecule has 1 aromatic rings. The van der Waals surface area contributed by atoms with Crippen molar-refractivity contribution in [3.63, 3.8) is 0 Å². The number of fused-ring (bicyclic) bond motifs is 1. The molecule has 23 heavy (non-hydrogen) atoms. The van der Waals surface area contributed by atoms with E-state index in [1.807, 2.05) is 3.28 Å². The van der Waals surface area contributed by atoms with Crippen molar-refractivity contribution < 1.29 is 28.5 Å². The third kappa shape index (κ3) is 2.63. The number of halogens is 2. The van der Waals surface area contributed by atoms with Crippen LogP contribution in [0.3, 0.4) is 0 Å². The summed E-state index contributed by atoms with van der Waals surface area (Å²) in [6.45, 7) is 9.99. The standard InChI is InChI=1S/C9H7.C7H9.C2H6P2.2FH.Zr/c1-2-5-9-7-3-6-8(9)4-1;1-6-3-4-7(2)5-6;1-3-4-2;;;/h1-7H;5H,3H2,1-2H3;1-2H3;2*1H;/q;;-2;;;+4/p-2. The molecule has 0 amide bonds. The molecule has 1 heterocycles. The predicted octanol–water partition coefficient (Wildman–Crippen LogP) is 0.522. The Bertz CT molecular complexity index is 715. The number of rotatable bonds is 2. The van der Waals surface area contributed by atoms with Gasteiger partial charge in [0.05, 0.1) is 0 Å². The molecule has 1 fully saturated rings. The smallest absolute Gasteiger partial charge is 1.00 e. The first-order chi connectivity index (χ1) is 10.1. The van der Waals surface area contributed by atoms with Crippen LogP contribution in [0.1, 0.15) is 35.0 Å². The topological polar surface area (TPSA) is 0 Å². The first-order valence-electron chi connectivity index (χ1n) is 7.69. The molecule has 0 radical (unpaired) electrons. The van der Waals surface area contributed by atoms with E-state index in [1.54, 1.807) is 16.7 Å². The van der Waals surface area contributed by atoms with Gasteiger partial charge in [0.15, 0.2) is 0 Å². The number of benzene rings is 1. The first kappa shape index (κ1) is 19.4. The van der Waals surface area contributed by atoms with Gasteiger partial charge in [-0.3, -0.25) is 0 Å². The van der Waals surface area contributed by atoms with E-state index in [1.165, 1.54) is 12.0 Å². The fraction of sp³-hybridized carbons (Fsp3) is 0.333. The summed E-state index contributed by atoms with van der Waals surface area (Å²) in [6, 6.07) is 9.16. The molecule has 0 spiro atoms. The third-order valence-corrected chi connectivity index (χ3v) is 66.0. The van der Waals surface area contributed by atoms with Crippen molar-refractivity contribution in [2.24, 2.45) is 0 Å². The van der Waals surface area contributed by atoms with E-state index in [9.17, 15) is 0 Å². The second-order valence-electron chi connectivity index (χ2n) is 6.57. The van der Waals surface area contributed by atoms with Crippen molar-refractivity contribution in [1.29, 1.82) is 0 Å². The van der Waals surface area contributed by atoms with Gasteiger partial charge in [-0.1, -0.05) is 0 Å². The summed E-state index contributed by atoms with van der Waals surface area (Å²) in [5.41, 5.74) is 6.42. The molecule has 4 rings (SSSR count). The van der Waals surface area contributed by atoms with Crippen LogP contribution in [0.2, 0.25) is 0 Å². The van der Waals surface area contributed by atoms with Gasteiger partial charge >= 0.3 is 134 Å². The van der Waals surface area contributed by atoms with Crippen LogP contribution >= 0.6 is 9.81 Å². The van der Waals surface area contributed by atoms with Crippen molar-refractivity contribution in [3.8, 4) is 0 Å². The Morgan fingerprint density at radius 3 is 2.26 bits per heavy atom. The Labute approximate surface area is 143 Å². The molecule has 0 nitrogen and oxygen atoms in total. The molecule has 0 aromatic heterocycles. The Kier molecular flexibility index (Phi) is 5.68. The summed E-state index contributed by atoms with van der Waals surface area (Å²) >= 11 is -2.19. The normalized spacial score (nSPS) is 31.0. The van der Waals surface area contributed by atoms with Gasteiger partial charge in [-0.05, 0) is 0 Å². The molecule has 3 atom stereocenters. The van der Waals surface area contributed by atoms with Gasteiger partial charge in [-0.25, -0.2) is 0 Å². The maximum atomic E-state index is 2.64. The Hall–Kier alpha value is 0.0431. The van der Waals surface area contributed by atoms with E-state index in [4.69, 9.17) is 0 Å². The number of hydrogen-bond donors (Lipinski definition) is 0. The van der Waals surface area contributed by atoms with Crippen molar-refractivity contribution in [3.05, 3.63) is 62.0 Å². The molecule has 2 aliphatic carbocycles. The zero-order chi connectivity index (χ0) is 14.8. The van der Waals surface area contributed by atoms with Crippen LogP contribution in [0.4, 0.5) is 0 Å². The van der Waals surface area contributed by atoms with Crippen LogP contribution in [-0.4, -0.2) is 13.3 Å². The Balaban J connectivity index is 0.000000960. The summed E-state index contributed by atoms with van der Waals surface area (Å²) in [6.07, 6.45) is 8.80. The zero-order valence-corrected chi connectivity index (χ0v) is 18.2. The van der Waals surface area contributed by atoms with Crippen molar-refractivity contribution in [1.82, 2.24) is 0 Å². The van der Waals surface area contributed by atoms with E-state index >= 15 is 0 Å². The van der Waals surface area contributed by atoms with E-state index in [2.05, 4.69) is 69.7 Å². The molecule has 0 saturated carbocycles. The summed E-state index contributed by atoms with van der Waals surface area (Å²) in [7, 11) is 0. The predicted molar refractivity (Wildman–Crippen MR) is 95.0 cm³/mol. The molecule has 0 N–H and O–H groups in total. The maximum Gasteiger partial charge on any atom is -1.00 e. The minimum atomic E-state index is -2.19. The van der Waals surface area contributed by atoms with Crippen molar-refractivity contribution in [2.75, 3.05) is 13.3 Å². The van der Waals surface area contributed by atoms with Crippen LogP contribution < -0.4 is 9.41 Å². The minimum absolute atomic E-state index is 0. The molecular weight excluding hydrogens is 407 g/mol. The van der Waals surface area contributed by atoms with Crippen LogP contribution in [0, 0.1) is 0 Å². The van der Waals surface area contributed by atoms with Gasteiger partial charge in [0.25, 0.3) is 0 Å². The van der Waals surface area contributed by atoms with Crippen LogP contribution in [-0.2, 0) is 19.1 Å². The van der Waals surface area contributed by atoms with Crippen LogP contribution in [0.5, 0.6) is 0 Å². The summed E-state index contributed by atoms with van der Waals surface area (Å²) < 4.78 is 2.82. The Morgan fingerprint density at radius 1 is 1.04 bits per heavy atom. The summed E-state index contributed by atoms with van der Waals surface area (Å²) in [5.74, 6) is 0.